The van der Waals surface area contributed by atoms with Crippen LogP contribution < -0.4 is 4.74 Å². The summed E-state index contributed by atoms with van der Waals surface area (Å²) in [5.74, 6) is 1.69. The fraction of sp³-hybridized carbons (Fsp3) is 0.522. The van der Waals surface area contributed by atoms with Gasteiger partial charge in [-0.2, -0.15) is 0 Å². The number of ether oxygens (including phenoxy) is 2. The van der Waals surface area contributed by atoms with Gasteiger partial charge in [0, 0.05) is 18.7 Å². The standard InChI is InChI=1S/C23H30ClN3O3/c1-16(24)18-6-5-7-19(12-18)21-25-13-20(14-26-21)29-15-17-8-10-27(11-9-17)22(28)30-23(2,3)4/h5-7,12-14,16-17H,8-11,15H2,1-4H3. The van der Waals surface area contributed by atoms with Gasteiger partial charge in [-0.15, -0.1) is 11.6 Å². The van der Waals surface area contributed by atoms with Crippen LogP contribution in [0.4, 0.5) is 4.79 Å². The van der Waals surface area contributed by atoms with Crippen LogP contribution in [0.5, 0.6) is 5.75 Å². The highest BCUT2D eigenvalue weighted by Crippen LogP contribution is 2.25. The summed E-state index contributed by atoms with van der Waals surface area (Å²) in [4.78, 5) is 22.8. The molecule has 3 rings (SSSR count). The van der Waals surface area contributed by atoms with Crippen LogP contribution in [0.3, 0.4) is 0 Å². The number of amides is 1. The molecular formula is C23H30ClN3O3. The number of alkyl halides is 1. The molecule has 1 aromatic heterocycles. The minimum absolute atomic E-state index is 0.0608. The van der Waals surface area contributed by atoms with E-state index >= 15 is 0 Å². The van der Waals surface area contributed by atoms with Crippen molar-refractivity contribution in [3.8, 4) is 17.1 Å². The molecule has 0 spiro atoms. The average Bonchev–Trinajstić information content (AvgIpc) is 2.72. The van der Waals surface area contributed by atoms with E-state index in [0.717, 1.165) is 24.0 Å². The molecule has 7 heteroatoms. The maximum absolute atomic E-state index is 12.2. The Kier molecular flexibility index (Phi) is 7.19. The zero-order valence-electron chi connectivity index (χ0n) is 18.1. The highest BCUT2D eigenvalue weighted by molar-refractivity contribution is 6.20. The van der Waals surface area contributed by atoms with Crippen LogP contribution in [0, 0.1) is 5.92 Å². The maximum Gasteiger partial charge on any atom is 0.410 e. The zero-order chi connectivity index (χ0) is 21.7. The number of hydrogen-bond donors (Lipinski definition) is 0. The number of likely N-dealkylation sites (tertiary alicyclic amines) is 1. The Morgan fingerprint density at radius 3 is 2.50 bits per heavy atom. The highest BCUT2D eigenvalue weighted by Gasteiger charge is 2.27. The first-order valence-electron chi connectivity index (χ1n) is 10.4. The molecule has 1 unspecified atom stereocenters. The Labute approximate surface area is 183 Å². The summed E-state index contributed by atoms with van der Waals surface area (Å²) in [7, 11) is 0. The second-order valence-electron chi connectivity index (χ2n) is 8.71. The number of carbonyl (C=O) groups is 1. The molecule has 2 aromatic rings. The van der Waals surface area contributed by atoms with E-state index in [1.54, 1.807) is 17.3 Å². The first kappa shape index (κ1) is 22.3. The van der Waals surface area contributed by atoms with E-state index in [0.29, 0.717) is 37.2 Å². The molecule has 1 atom stereocenters. The van der Waals surface area contributed by atoms with Crippen LogP contribution >= 0.6 is 11.6 Å². The monoisotopic (exact) mass is 431 g/mol. The minimum Gasteiger partial charge on any atom is -0.490 e. The quantitative estimate of drug-likeness (QED) is 0.587. The number of rotatable bonds is 5. The van der Waals surface area contributed by atoms with Crippen LogP contribution in [0.15, 0.2) is 36.7 Å². The lowest BCUT2D eigenvalue weighted by Gasteiger charge is -2.33. The summed E-state index contributed by atoms with van der Waals surface area (Å²) >= 11 is 6.17. The highest BCUT2D eigenvalue weighted by atomic mass is 35.5. The van der Waals surface area contributed by atoms with Crippen LogP contribution in [-0.2, 0) is 4.74 Å². The molecule has 0 bridgehead atoms. The first-order valence-corrected chi connectivity index (χ1v) is 10.8. The predicted molar refractivity (Wildman–Crippen MR) is 118 cm³/mol. The fourth-order valence-electron chi connectivity index (χ4n) is 3.29. The number of halogens is 1. The maximum atomic E-state index is 12.2. The summed E-state index contributed by atoms with van der Waals surface area (Å²) in [6.07, 6.45) is 4.95. The minimum atomic E-state index is -0.466. The SMILES string of the molecule is CC(Cl)c1cccc(-c2ncc(OCC3CCN(C(=O)OC(C)(C)C)CC3)cn2)c1. The molecule has 1 fully saturated rings. The van der Waals surface area contributed by atoms with Gasteiger partial charge in [0.05, 0.1) is 24.4 Å². The molecule has 1 saturated heterocycles. The van der Waals surface area contributed by atoms with Crippen molar-refractivity contribution >= 4 is 17.7 Å². The fourth-order valence-corrected chi connectivity index (χ4v) is 3.42. The van der Waals surface area contributed by atoms with Gasteiger partial charge in [0.2, 0.25) is 0 Å². The molecule has 1 amide bonds. The Morgan fingerprint density at radius 2 is 1.90 bits per heavy atom. The van der Waals surface area contributed by atoms with Gasteiger partial charge >= 0.3 is 6.09 Å². The number of benzene rings is 1. The molecular weight excluding hydrogens is 402 g/mol. The van der Waals surface area contributed by atoms with Gasteiger partial charge < -0.3 is 14.4 Å². The number of piperidine rings is 1. The van der Waals surface area contributed by atoms with Crippen molar-refractivity contribution in [3.63, 3.8) is 0 Å². The average molecular weight is 432 g/mol. The molecule has 0 saturated carbocycles. The lowest BCUT2D eigenvalue weighted by molar-refractivity contribution is 0.0165. The van der Waals surface area contributed by atoms with Gasteiger partial charge in [-0.25, -0.2) is 14.8 Å². The van der Waals surface area contributed by atoms with Gasteiger partial charge in [-0.3, -0.25) is 0 Å². The van der Waals surface area contributed by atoms with Crippen molar-refractivity contribution in [3.05, 3.63) is 42.2 Å². The topological polar surface area (TPSA) is 64.5 Å². The largest absolute Gasteiger partial charge is 0.490 e. The zero-order valence-corrected chi connectivity index (χ0v) is 18.9. The third-order valence-electron chi connectivity index (χ3n) is 4.98. The first-order chi connectivity index (χ1) is 14.2. The van der Waals surface area contributed by atoms with Crippen LogP contribution in [-0.4, -0.2) is 46.3 Å². The molecule has 1 aromatic carbocycles. The van der Waals surface area contributed by atoms with Crippen molar-refractivity contribution in [2.75, 3.05) is 19.7 Å². The normalized spacial score (nSPS) is 16.2. The van der Waals surface area contributed by atoms with Crippen molar-refractivity contribution < 1.29 is 14.3 Å². The van der Waals surface area contributed by atoms with Crippen LogP contribution in [0.2, 0.25) is 0 Å². The van der Waals surface area contributed by atoms with Crippen molar-refractivity contribution in [1.29, 1.82) is 0 Å². The molecule has 6 nitrogen and oxygen atoms in total. The van der Waals surface area contributed by atoms with E-state index in [4.69, 9.17) is 21.1 Å². The third-order valence-corrected chi connectivity index (χ3v) is 5.24. The third kappa shape index (κ3) is 6.33. The van der Waals surface area contributed by atoms with Gasteiger partial charge in [0.25, 0.3) is 0 Å². The molecule has 0 aliphatic carbocycles. The van der Waals surface area contributed by atoms with Crippen molar-refractivity contribution in [2.24, 2.45) is 5.92 Å². The second kappa shape index (κ2) is 9.65. The molecule has 1 aliphatic heterocycles. The molecule has 30 heavy (non-hydrogen) atoms. The van der Waals surface area contributed by atoms with E-state index < -0.39 is 5.60 Å². The van der Waals surface area contributed by atoms with Crippen molar-refractivity contribution in [2.45, 2.75) is 51.5 Å². The molecule has 1 aliphatic rings. The molecule has 0 radical (unpaired) electrons. The molecule has 2 heterocycles. The molecule has 0 N–H and O–H groups in total. The van der Waals surface area contributed by atoms with Gasteiger partial charge in [0.15, 0.2) is 11.6 Å². The smallest absolute Gasteiger partial charge is 0.410 e. The summed E-state index contributed by atoms with van der Waals surface area (Å²) < 4.78 is 11.3. The van der Waals surface area contributed by atoms with Gasteiger partial charge in [-0.1, -0.05) is 18.2 Å². The number of carbonyl (C=O) groups excluding carboxylic acids is 1. The molecule has 162 valence electrons. The Bertz CT molecular complexity index is 842. The Hall–Kier alpha value is -2.34. The summed E-state index contributed by atoms with van der Waals surface area (Å²) in [5.41, 5.74) is 1.50. The lowest BCUT2D eigenvalue weighted by atomic mass is 9.98. The number of nitrogens with zero attached hydrogens (tertiary/aromatic N) is 3. The van der Waals surface area contributed by atoms with Crippen LogP contribution in [0.25, 0.3) is 11.4 Å². The summed E-state index contributed by atoms with van der Waals surface area (Å²) in [6, 6.07) is 7.93. The summed E-state index contributed by atoms with van der Waals surface area (Å²) in [6.45, 7) is 9.55. The second-order valence-corrected chi connectivity index (χ2v) is 9.36. The van der Waals surface area contributed by atoms with E-state index in [9.17, 15) is 4.79 Å². The van der Waals surface area contributed by atoms with Crippen molar-refractivity contribution in [1.82, 2.24) is 14.9 Å². The van der Waals surface area contributed by atoms with E-state index in [2.05, 4.69) is 9.97 Å². The van der Waals surface area contributed by atoms with Gasteiger partial charge in [-0.05, 0) is 58.1 Å². The van der Waals surface area contributed by atoms with E-state index in [1.807, 2.05) is 52.0 Å². The van der Waals surface area contributed by atoms with E-state index in [1.165, 1.54) is 0 Å². The van der Waals surface area contributed by atoms with E-state index in [-0.39, 0.29) is 11.5 Å². The summed E-state index contributed by atoms with van der Waals surface area (Å²) in [5, 5.41) is -0.0608. The number of aromatic nitrogens is 2. The number of hydrogen-bond acceptors (Lipinski definition) is 5. The van der Waals surface area contributed by atoms with Gasteiger partial charge in [0.1, 0.15) is 5.60 Å². The lowest BCUT2D eigenvalue weighted by Crippen LogP contribution is -2.42. The Balaban J connectivity index is 1.48. The van der Waals surface area contributed by atoms with Crippen LogP contribution in [0.1, 0.15) is 51.5 Å². The Morgan fingerprint density at radius 1 is 1.23 bits per heavy atom. The predicted octanol–water partition coefficient (Wildman–Crippen LogP) is 5.47.